The molecule has 0 saturated carbocycles. The van der Waals surface area contributed by atoms with Crippen molar-refractivity contribution in [1.29, 1.82) is 0 Å². The fourth-order valence-electron chi connectivity index (χ4n) is 2.33. The maximum atomic E-state index is 11.4. The van der Waals surface area contributed by atoms with E-state index in [9.17, 15) is 19.8 Å². The van der Waals surface area contributed by atoms with Crippen molar-refractivity contribution >= 4 is 23.3 Å². The van der Waals surface area contributed by atoms with Gasteiger partial charge in [-0.15, -0.1) is 0 Å². The van der Waals surface area contributed by atoms with Gasteiger partial charge in [-0.3, -0.25) is 0 Å². The third kappa shape index (κ3) is 2.26. The first-order valence-corrected chi connectivity index (χ1v) is 6.55. The number of hydrogen-bond acceptors (Lipinski definition) is 4. The van der Waals surface area contributed by atoms with Crippen LogP contribution in [0.5, 0.6) is 0 Å². The summed E-state index contributed by atoms with van der Waals surface area (Å²) >= 11 is 1.41. The fourth-order valence-corrected chi connectivity index (χ4v) is 3.02. The van der Waals surface area contributed by atoms with Crippen molar-refractivity contribution in [3.8, 4) is 0 Å². The normalized spacial score (nSPS) is 16.5. The van der Waals surface area contributed by atoms with Crippen LogP contribution in [0.2, 0.25) is 0 Å². The second kappa shape index (κ2) is 4.89. The van der Waals surface area contributed by atoms with Crippen LogP contribution in [0.15, 0.2) is 39.4 Å². The molecule has 19 heavy (non-hydrogen) atoms. The molecule has 1 aromatic heterocycles. The number of aliphatic carboxylic acids is 2. The predicted molar refractivity (Wildman–Crippen MR) is 70.9 cm³/mol. The molecule has 0 amide bonds. The lowest BCUT2D eigenvalue weighted by molar-refractivity contribution is -0.133. The summed E-state index contributed by atoms with van der Waals surface area (Å²) in [7, 11) is 0. The highest BCUT2D eigenvalue weighted by Gasteiger charge is 2.36. The highest BCUT2D eigenvalue weighted by molar-refractivity contribution is 7.08. The van der Waals surface area contributed by atoms with E-state index in [1.54, 1.807) is 30.7 Å². The number of carboxylic acid groups (broad SMARTS) is 2. The summed E-state index contributed by atoms with van der Waals surface area (Å²) in [5.74, 6) is -2.94. The molecule has 0 bridgehead atoms. The quantitative estimate of drug-likeness (QED) is 0.789. The first-order chi connectivity index (χ1) is 8.93. The minimum atomic E-state index is -1.10. The smallest absolute Gasteiger partial charge is 0.334 e. The van der Waals surface area contributed by atoms with Crippen LogP contribution in [0.25, 0.3) is 0 Å². The number of hydrogen-bond donors (Lipinski definition) is 3. The monoisotopic (exact) mass is 279 g/mol. The molecule has 5 nitrogen and oxygen atoms in total. The molecule has 2 rings (SSSR count). The summed E-state index contributed by atoms with van der Waals surface area (Å²) in [5.41, 5.74) is 1.82. The molecule has 0 saturated heterocycles. The zero-order valence-electron chi connectivity index (χ0n) is 10.4. The van der Waals surface area contributed by atoms with Gasteiger partial charge in [0.1, 0.15) is 0 Å². The maximum absolute atomic E-state index is 11.4. The number of thiophene rings is 1. The van der Waals surface area contributed by atoms with Gasteiger partial charge in [-0.25, -0.2) is 9.59 Å². The summed E-state index contributed by atoms with van der Waals surface area (Å²) in [6.45, 7) is 3.29. The largest absolute Gasteiger partial charge is 0.478 e. The maximum Gasteiger partial charge on any atom is 0.334 e. The molecule has 1 aromatic rings. The molecule has 2 heterocycles. The molecule has 0 spiro atoms. The molecule has 0 fully saturated rings. The summed E-state index contributed by atoms with van der Waals surface area (Å²) < 4.78 is 0. The predicted octanol–water partition coefficient (Wildman–Crippen LogP) is 2.15. The zero-order chi connectivity index (χ0) is 14.2. The van der Waals surface area contributed by atoms with E-state index in [-0.39, 0.29) is 11.1 Å². The Morgan fingerprint density at radius 3 is 2.05 bits per heavy atom. The molecule has 6 heteroatoms. The molecule has 100 valence electrons. The third-order valence-corrected chi connectivity index (χ3v) is 3.80. The summed E-state index contributed by atoms with van der Waals surface area (Å²) in [4.78, 5) is 22.9. The first kappa shape index (κ1) is 13.4. The summed E-state index contributed by atoms with van der Waals surface area (Å²) in [6.07, 6.45) is 0. The van der Waals surface area contributed by atoms with Crippen molar-refractivity contribution < 1.29 is 19.8 Å². The van der Waals surface area contributed by atoms with Crippen molar-refractivity contribution in [2.75, 3.05) is 0 Å². The Morgan fingerprint density at radius 2 is 1.68 bits per heavy atom. The van der Waals surface area contributed by atoms with E-state index in [0.29, 0.717) is 17.0 Å². The van der Waals surface area contributed by atoms with Gasteiger partial charge in [0.05, 0.1) is 17.1 Å². The number of carboxylic acids is 2. The Hall–Kier alpha value is -2.08. The van der Waals surface area contributed by atoms with E-state index < -0.39 is 17.9 Å². The van der Waals surface area contributed by atoms with Gasteiger partial charge in [0.25, 0.3) is 0 Å². The Balaban J connectivity index is 2.65. The van der Waals surface area contributed by atoms with Crippen LogP contribution >= 0.6 is 11.3 Å². The Bertz CT molecular complexity index is 562. The van der Waals surface area contributed by atoms with Crippen LogP contribution < -0.4 is 5.32 Å². The van der Waals surface area contributed by atoms with Crippen LogP contribution in [-0.2, 0) is 9.59 Å². The van der Waals surface area contributed by atoms with Gasteiger partial charge in [-0.2, -0.15) is 11.3 Å². The van der Waals surface area contributed by atoms with Crippen molar-refractivity contribution in [2.45, 2.75) is 19.8 Å². The van der Waals surface area contributed by atoms with E-state index >= 15 is 0 Å². The second-order valence-electron chi connectivity index (χ2n) is 4.30. The Kier molecular flexibility index (Phi) is 3.44. The van der Waals surface area contributed by atoms with E-state index in [1.165, 1.54) is 11.3 Å². The Labute approximate surface area is 113 Å². The highest BCUT2D eigenvalue weighted by Crippen LogP contribution is 2.38. The van der Waals surface area contributed by atoms with Crippen LogP contribution in [0, 0.1) is 0 Å². The zero-order valence-corrected chi connectivity index (χ0v) is 11.2. The molecule has 1 aliphatic heterocycles. The van der Waals surface area contributed by atoms with E-state index in [2.05, 4.69) is 5.32 Å². The first-order valence-electron chi connectivity index (χ1n) is 5.60. The minimum Gasteiger partial charge on any atom is -0.478 e. The SMILES string of the molecule is CC1=C(C(=O)O)C(c2ccsc2)C(C(=O)O)=C(C)N1. The van der Waals surface area contributed by atoms with Crippen LogP contribution in [-0.4, -0.2) is 22.2 Å². The van der Waals surface area contributed by atoms with Crippen molar-refractivity contribution in [2.24, 2.45) is 0 Å². The van der Waals surface area contributed by atoms with Crippen LogP contribution in [0.4, 0.5) is 0 Å². The standard InChI is InChI=1S/C13H13NO4S/c1-6-9(12(15)16)11(8-3-4-19-5-8)10(13(17)18)7(2)14-6/h3-5,11,14H,1-2H3,(H,15,16)(H,17,18). The number of carbonyl (C=O) groups is 2. The molecule has 1 aliphatic rings. The van der Waals surface area contributed by atoms with Gasteiger partial charge in [-0.05, 0) is 36.2 Å². The number of rotatable bonds is 3. The van der Waals surface area contributed by atoms with Crippen LogP contribution in [0.3, 0.4) is 0 Å². The lowest BCUT2D eigenvalue weighted by Gasteiger charge is -2.27. The number of allylic oxidation sites excluding steroid dienone is 2. The van der Waals surface area contributed by atoms with Gasteiger partial charge >= 0.3 is 11.9 Å². The van der Waals surface area contributed by atoms with Crippen molar-refractivity contribution in [3.63, 3.8) is 0 Å². The molecule has 0 unspecified atom stereocenters. The Morgan fingerprint density at radius 1 is 1.16 bits per heavy atom. The van der Waals surface area contributed by atoms with E-state index in [1.807, 2.05) is 0 Å². The van der Waals surface area contributed by atoms with E-state index in [0.717, 1.165) is 0 Å². The summed E-state index contributed by atoms with van der Waals surface area (Å²) in [5, 5.41) is 25.1. The molecule has 0 aromatic carbocycles. The van der Waals surface area contributed by atoms with Gasteiger partial charge in [0, 0.05) is 11.4 Å². The third-order valence-electron chi connectivity index (χ3n) is 3.10. The topological polar surface area (TPSA) is 86.6 Å². The average molecular weight is 279 g/mol. The second-order valence-corrected chi connectivity index (χ2v) is 5.08. The summed E-state index contributed by atoms with van der Waals surface area (Å²) in [6, 6.07) is 1.76. The van der Waals surface area contributed by atoms with Gasteiger partial charge in [-0.1, -0.05) is 0 Å². The lowest BCUT2D eigenvalue weighted by atomic mass is 9.81. The highest BCUT2D eigenvalue weighted by atomic mass is 32.1. The molecule has 0 aliphatic carbocycles. The lowest BCUT2D eigenvalue weighted by Crippen LogP contribution is -2.30. The number of dihydropyridines is 1. The minimum absolute atomic E-state index is 0.0846. The van der Waals surface area contributed by atoms with Crippen molar-refractivity contribution in [1.82, 2.24) is 5.32 Å². The van der Waals surface area contributed by atoms with Gasteiger partial charge in [0.2, 0.25) is 0 Å². The molecule has 3 N–H and O–H groups in total. The van der Waals surface area contributed by atoms with Crippen LogP contribution in [0.1, 0.15) is 25.3 Å². The number of nitrogens with one attached hydrogen (secondary N) is 1. The molecule has 0 radical (unpaired) electrons. The average Bonchev–Trinajstić information content (AvgIpc) is 2.79. The van der Waals surface area contributed by atoms with Crippen molar-refractivity contribution in [3.05, 3.63) is 44.9 Å². The molecular weight excluding hydrogens is 266 g/mol. The van der Waals surface area contributed by atoms with Gasteiger partial charge in [0.15, 0.2) is 0 Å². The molecule has 0 atom stereocenters. The van der Waals surface area contributed by atoms with E-state index in [4.69, 9.17) is 0 Å². The van der Waals surface area contributed by atoms with Gasteiger partial charge < -0.3 is 15.5 Å². The molecular formula is C13H13NO4S. The fraction of sp³-hybridized carbons (Fsp3) is 0.231.